The fourth-order valence-electron chi connectivity index (χ4n) is 2.04. The molecule has 0 heterocycles. The van der Waals surface area contributed by atoms with E-state index < -0.39 is 0 Å². The van der Waals surface area contributed by atoms with Crippen LogP contribution in [-0.4, -0.2) is 10.5 Å². The molecule has 0 aliphatic carbocycles. The lowest BCUT2D eigenvalue weighted by Gasteiger charge is -2.33. The Morgan fingerprint density at radius 1 is 1.12 bits per heavy atom. The molecule has 94 valence electrons. The van der Waals surface area contributed by atoms with Gasteiger partial charge in [0.1, 0.15) is 4.99 Å². The van der Waals surface area contributed by atoms with Gasteiger partial charge in [0, 0.05) is 16.8 Å². The van der Waals surface area contributed by atoms with Gasteiger partial charge in [-0.3, -0.25) is 0 Å². The Morgan fingerprint density at radius 3 is 1.94 bits per heavy atom. The van der Waals surface area contributed by atoms with Gasteiger partial charge in [-0.25, -0.2) is 0 Å². The highest BCUT2D eigenvalue weighted by atomic mass is 32.1. The number of anilines is 1. The summed E-state index contributed by atoms with van der Waals surface area (Å²) in [6, 6.07) is 8.03. The molecule has 2 nitrogen and oxygen atoms in total. The molecule has 0 fully saturated rings. The molecule has 1 aromatic carbocycles. The Morgan fingerprint density at radius 2 is 1.59 bits per heavy atom. The van der Waals surface area contributed by atoms with Gasteiger partial charge in [0.05, 0.1) is 0 Å². The number of nitrogens with one attached hydrogen (secondary N) is 1. The van der Waals surface area contributed by atoms with Gasteiger partial charge in [0.25, 0.3) is 0 Å². The van der Waals surface area contributed by atoms with Crippen molar-refractivity contribution in [1.82, 2.24) is 0 Å². The van der Waals surface area contributed by atoms with Crippen molar-refractivity contribution in [3.8, 4) is 0 Å². The highest BCUT2D eigenvalue weighted by molar-refractivity contribution is 7.80. The van der Waals surface area contributed by atoms with E-state index in [0.29, 0.717) is 4.99 Å². The first kappa shape index (κ1) is 14.0. The Kier molecular flexibility index (Phi) is 4.94. The van der Waals surface area contributed by atoms with Crippen molar-refractivity contribution in [2.24, 2.45) is 5.73 Å². The highest BCUT2D eigenvalue weighted by Crippen LogP contribution is 2.25. The smallest absolute Gasteiger partial charge is 0.103 e. The largest absolute Gasteiger partial charge is 0.389 e. The lowest BCUT2D eigenvalue weighted by molar-refractivity contribution is 0.420. The molecular weight excluding hydrogens is 228 g/mol. The molecule has 0 aliphatic heterocycles. The summed E-state index contributed by atoms with van der Waals surface area (Å²) in [5.41, 5.74) is 7.83. The summed E-state index contributed by atoms with van der Waals surface area (Å²) in [5, 5.41) is 3.62. The zero-order valence-corrected chi connectivity index (χ0v) is 11.7. The van der Waals surface area contributed by atoms with Gasteiger partial charge in [0.2, 0.25) is 0 Å². The molecule has 3 heteroatoms. The van der Waals surface area contributed by atoms with Crippen LogP contribution < -0.4 is 11.1 Å². The van der Waals surface area contributed by atoms with Gasteiger partial charge in [-0.1, -0.05) is 33.0 Å². The quantitative estimate of drug-likeness (QED) is 0.756. The molecular formula is C14H22N2S. The van der Waals surface area contributed by atoms with E-state index in [1.807, 2.05) is 24.3 Å². The van der Waals surface area contributed by atoms with Gasteiger partial charge in [-0.2, -0.15) is 0 Å². The summed E-state index contributed by atoms with van der Waals surface area (Å²) in [4.78, 5) is 0.448. The van der Waals surface area contributed by atoms with Gasteiger partial charge >= 0.3 is 0 Å². The molecule has 0 aromatic heterocycles. The van der Waals surface area contributed by atoms with Crippen molar-refractivity contribution < 1.29 is 0 Å². The van der Waals surface area contributed by atoms with Gasteiger partial charge in [-0.05, 0) is 43.5 Å². The first-order valence-corrected chi connectivity index (χ1v) is 6.65. The van der Waals surface area contributed by atoms with Crippen LogP contribution >= 0.6 is 12.2 Å². The van der Waals surface area contributed by atoms with Crippen molar-refractivity contribution in [3.05, 3.63) is 29.8 Å². The Labute approximate surface area is 110 Å². The van der Waals surface area contributed by atoms with Gasteiger partial charge < -0.3 is 11.1 Å². The monoisotopic (exact) mass is 250 g/mol. The van der Waals surface area contributed by atoms with Crippen LogP contribution in [0.25, 0.3) is 0 Å². The third-order valence-corrected chi connectivity index (χ3v) is 3.84. The van der Waals surface area contributed by atoms with Crippen molar-refractivity contribution in [3.63, 3.8) is 0 Å². The molecule has 0 bridgehead atoms. The van der Waals surface area contributed by atoms with E-state index >= 15 is 0 Å². The zero-order valence-electron chi connectivity index (χ0n) is 10.9. The molecule has 17 heavy (non-hydrogen) atoms. The minimum Gasteiger partial charge on any atom is -0.389 e. The average Bonchev–Trinajstić information content (AvgIpc) is 2.37. The van der Waals surface area contributed by atoms with Crippen molar-refractivity contribution in [2.75, 3.05) is 5.32 Å². The summed E-state index contributed by atoms with van der Waals surface area (Å²) in [5.74, 6) is 0. The molecule has 0 saturated heterocycles. The maximum absolute atomic E-state index is 5.58. The van der Waals surface area contributed by atoms with E-state index in [2.05, 4.69) is 26.1 Å². The standard InChI is InChI=1S/C14H22N2S/c1-4-14(5-2,6-3)16-12-9-7-11(8-10-12)13(15)17/h7-10,16H,4-6H2,1-3H3,(H2,15,17). The van der Waals surface area contributed by atoms with Crippen LogP contribution in [0.15, 0.2) is 24.3 Å². The third-order valence-electron chi connectivity index (χ3n) is 3.61. The summed E-state index contributed by atoms with van der Waals surface area (Å²) < 4.78 is 0. The predicted molar refractivity (Wildman–Crippen MR) is 79.6 cm³/mol. The van der Waals surface area contributed by atoms with Crippen LogP contribution in [0.1, 0.15) is 45.6 Å². The second-order valence-electron chi connectivity index (χ2n) is 4.41. The van der Waals surface area contributed by atoms with E-state index in [-0.39, 0.29) is 5.54 Å². The Hall–Kier alpha value is -1.09. The highest BCUT2D eigenvalue weighted by Gasteiger charge is 2.22. The lowest BCUT2D eigenvalue weighted by Crippen LogP contribution is -2.36. The summed E-state index contributed by atoms with van der Waals surface area (Å²) in [6.07, 6.45) is 3.37. The number of thiocarbonyl (C=S) groups is 1. The molecule has 0 spiro atoms. The molecule has 0 radical (unpaired) electrons. The minimum absolute atomic E-state index is 0.199. The lowest BCUT2D eigenvalue weighted by atomic mass is 9.89. The number of nitrogens with two attached hydrogens (primary N) is 1. The summed E-state index contributed by atoms with van der Waals surface area (Å²) in [7, 11) is 0. The zero-order chi connectivity index (χ0) is 12.9. The van der Waals surface area contributed by atoms with Gasteiger partial charge in [-0.15, -0.1) is 0 Å². The number of benzene rings is 1. The van der Waals surface area contributed by atoms with Crippen LogP contribution in [0.4, 0.5) is 5.69 Å². The maximum atomic E-state index is 5.58. The number of hydrogen-bond donors (Lipinski definition) is 2. The third kappa shape index (κ3) is 3.43. The molecule has 0 aliphatic rings. The van der Waals surface area contributed by atoms with Crippen LogP contribution in [0.3, 0.4) is 0 Å². The van der Waals surface area contributed by atoms with Crippen LogP contribution in [-0.2, 0) is 0 Å². The first-order valence-electron chi connectivity index (χ1n) is 6.25. The van der Waals surface area contributed by atoms with Crippen molar-refractivity contribution in [1.29, 1.82) is 0 Å². The molecule has 0 amide bonds. The predicted octanol–water partition coefficient (Wildman–Crippen LogP) is 3.70. The second kappa shape index (κ2) is 6.01. The summed E-state index contributed by atoms with van der Waals surface area (Å²) in [6.45, 7) is 6.68. The summed E-state index contributed by atoms with van der Waals surface area (Å²) >= 11 is 4.94. The minimum atomic E-state index is 0.199. The van der Waals surface area contributed by atoms with E-state index in [1.54, 1.807) is 0 Å². The van der Waals surface area contributed by atoms with E-state index in [4.69, 9.17) is 18.0 Å². The number of rotatable bonds is 6. The van der Waals surface area contributed by atoms with Crippen LogP contribution in [0.2, 0.25) is 0 Å². The molecule has 1 aromatic rings. The van der Waals surface area contributed by atoms with E-state index in [9.17, 15) is 0 Å². The Balaban J connectivity index is 2.84. The number of hydrogen-bond acceptors (Lipinski definition) is 2. The topological polar surface area (TPSA) is 38.0 Å². The molecule has 0 unspecified atom stereocenters. The van der Waals surface area contributed by atoms with E-state index in [0.717, 1.165) is 30.5 Å². The van der Waals surface area contributed by atoms with E-state index in [1.165, 1.54) is 0 Å². The van der Waals surface area contributed by atoms with Gasteiger partial charge in [0.15, 0.2) is 0 Å². The molecule has 0 atom stereocenters. The average molecular weight is 250 g/mol. The second-order valence-corrected chi connectivity index (χ2v) is 4.85. The fraction of sp³-hybridized carbons (Fsp3) is 0.500. The molecule has 0 saturated carbocycles. The maximum Gasteiger partial charge on any atom is 0.103 e. The SMILES string of the molecule is CCC(CC)(CC)Nc1ccc(C(N)=S)cc1. The normalized spacial score (nSPS) is 11.2. The van der Waals surface area contributed by atoms with Crippen molar-refractivity contribution >= 4 is 22.9 Å². The van der Waals surface area contributed by atoms with Crippen LogP contribution in [0.5, 0.6) is 0 Å². The first-order chi connectivity index (χ1) is 8.06. The molecule has 1 rings (SSSR count). The fourth-order valence-corrected chi connectivity index (χ4v) is 2.18. The van der Waals surface area contributed by atoms with Crippen molar-refractivity contribution in [2.45, 2.75) is 45.6 Å². The molecule has 3 N–H and O–H groups in total. The Bertz CT molecular complexity index is 358. The van der Waals surface area contributed by atoms with Crippen LogP contribution in [0, 0.1) is 0 Å².